The van der Waals surface area contributed by atoms with Crippen molar-refractivity contribution in [3.8, 4) is 0 Å². The van der Waals surface area contributed by atoms with E-state index in [4.69, 9.17) is 14.2 Å². The van der Waals surface area contributed by atoms with Crippen molar-refractivity contribution in [2.45, 2.75) is 38.7 Å². The van der Waals surface area contributed by atoms with E-state index in [-0.39, 0.29) is 18.4 Å². The first-order valence-electron chi connectivity index (χ1n) is 6.99. The molecule has 21 heavy (non-hydrogen) atoms. The summed E-state index contributed by atoms with van der Waals surface area (Å²) >= 11 is 0. The van der Waals surface area contributed by atoms with Crippen molar-refractivity contribution in [1.82, 2.24) is 19.5 Å². The van der Waals surface area contributed by atoms with Gasteiger partial charge in [0, 0.05) is 20.6 Å². The van der Waals surface area contributed by atoms with Crippen molar-refractivity contribution < 1.29 is 14.2 Å². The van der Waals surface area contributed by atoms with E-state index in [0.717, 1.165) is 29.1 Å². The Morgan fingerprint density at radius 3 is 2.86 bits per heavy atom. The van der Waals surface area contributed by atoms with E-state index < -0.39 is 0 Å². The first kappa shape index (κ1) is 14.4. The molecular formula is C14H20N4O3. The molecule has 0 bridgehead atoms. The number of fused-ring (bicyclic) bond motifs is 1. The molecule has 0 N–H and O–H groups in total. The first-order chi connectivity index (χ1) is 10.2. The Kier molecular flexibility index (Phi) is 3.88. The molecule has 0 radical (unpaired) electrons. The van der Waals surface area contributed by atoms with Crippen molar-refractivity contribution in [3.05, 3.63) is 17.8 Å². The van der Waals surface area contributed by atoms with Crippen LogP contribution >= 0.6 is 0 Å². The van der Waals surface area contributed by atoms with Gasteiger partial charge in [0.15, 0.2) is 11.9 Å². The molecule has 2 aromatic heterocycles. The zero-order chi connectivity index (χ0) is 15.0. The van der Waals surface area contributed by atoms with Crippen LogP contribution in [-0.4, -0.2) is 52.6 Å². The third-order valence-electron chi connectivity index (χ3n) is 3.89. The zero-order valence-electron chi connectivity index (χ0n) is 12.7. The fourth-order valence-corrected chi connectivity index (χ4v) is 2.88. The molecule has 3 rings (SSSR count). The van der Waals surface area contributed by atoms with Crippen LogP contribution < -0.4 is 0 Å². The van der Waals surface area contributed by atoms with Gasteiger partial charge in [-0.3, -0.25) is 4.57 Å². The topological polar surface area (TPSA) is 71.3 Å². The highest BCUT2D eigenvalue weighted by Gasteiger charge is 2.38. The number of imidazole rings is 1. The van der Waals surface area contributed by atoms with Gasteiger partial charge in [-0.05, 0) is 13.8 Å². The number of nitrogens with zero attached hydrogens (tertiary/aromatic N) is 4. The predicted octanol–water partition coefficient (Wildman–Crippen LogP) is 1.39. The maximum Gasteiger partial charge on any atom is 0.165 e. The SMILES string of the molecule is COC[C@@H]1CC(OC)[C@H](n2c(C)nc3c(C)ncnc32)O1. The summed E-state index contributed by atoms with van der Waals surface area (Å²) in [6, 6.07) is 0. The van der Waals surface area contributed by atoms with E-state index in [2.05, 4.69) is 15.0 Å². The molecule has 7 nitrogen and oxygen atoms in total. The minimum atomic E-state index is -0.241. The van der Waals surface area contributed by atoms with Crippen molar-refractivity contribution in [1.29, 1.82) is 0 Å². The average molecular weight is 292 g/mol. The lowest BCUT2D eigenvalue weighted by Crippen LogP contribution is -2.23. The van der Waals surface area contributed by atoms with Gasteiger partial charge in [0.25, 0.3) is 0 Å². The lowest BCUT2D eigenvalue weighted by atomic mass is 10.2. The molecule has 0 aliphatic carbocycles. The van der Waals surface area contributed by atoms with Crippen molar-refractivity contribution in [2.24, 2.45) is 0 Å². The third kappa shape index (κ3) is 2.41. The Balaban J connectivity index is 2.03. The Bertz CT molecular complexity index is 642. The van der Waals surface area contributed by atoms with Crippen molar-refractivity contribution >= 4 is 11.2 Å². The van der Waals surface area contributed by atoms with Crippen LogP contribution in [0.5, 0.6) is 0 Å². The molecule has 2 aromatic rings. The van der Waals surface area contributed by atoms with Crippen molar-refractivity contribution in [2.75, 3.05) is 20.8 Å². The largest absolute Gasteiger partial charge is 0.382 e. The van der Waals surface area contributed by atoms with Gasteiger partial charge in [-0.15, -0.1) is 0 Å². The van der Waals surface area contributed by atoms with E-state index >= 15 is 0 Å². The highest BCUT2D eigenvalue weighted by Crippen LogP contribution is 2.34. The van der Waals surface area contributed by atoms with Gasteiger partial charge in [-0.2, -0.15) is 0 Å². The normalized spacial score (nSPS) is 25.8. The molecule has 1 fully saturated rings. The van der Waals surface area contributed by atoms with Crippen LogP contribution in [0, 0.1) is 13.8 Å². The van der Waals surface area contributed by atoms with Crippen LogP contribution in [0.2, 0.25) is 0 Å². The Morgan fingerprint density at radius 2 is 2.14 bits per heavy atom. The molecule has 0 amide bonds. The highest BCUT2D eigenvalue weighted by atomic mass is 16.6. The zero-order valence-corrected chi connectivity index (χ0v) is 12.7. The molecule has 114 valence electrons. The number of ether oxygens (including phenoxy) is 3. The quantitative estimate of drug-likeness (QED) is 0.848. The van der Waals surface area contributed by atoms with Gasteiger partial charge in [0.05, 0.1) is 18.4 Å². The molecule has 3 atom stereocenters. The molecule has 1 aliphatic rings. The summed E-state index contributed by atoms with van der Waals surface area (Å²) < 4.78 is 18.9. The van der Waals surface area contributed by atoms with Crippen LogP contribution in [0.4, 0.5) is 0 Å². The molecule has 0 spiro atoms. The lowest BCUT2D eigenvalue weighted by Gasteiger charge is -2.20. The van der Waals surface area contributed by atoms with Gasteiger partial charge in [0.1, 0.15) is 23.8 Å². The number of hydrogen-bond acceptors (Lipinski definition) is 6. The van der Waals surface area contributed by atoms with Crippen LogP contribution in [0.15, 0.2) is 6.33 Å². The van der Waals surface area contributed by atoms with E-state index in [0.29, 0.717) is 6.61 Å². The fourth-order valence-electron chi connectivity index (χ4n) is 2.88. The molecule has 7 heteroatoms. The third-order valence-corrected chi connectivity index (χ3v) is 3.89. The molecule has 0 aromatic carbocycles. The van der Waals surface area contributed by atoms with Gasteiger partial charge in [-0.1, -0.05) is 0 Å². The maximum atomic E-state index is 6.09. The second-order valence-corrected chi connectivity index (χ2v) is 5.27. The Hall–Kier alpha value is -1.57. The summed E-state index contributed by atoms with van der Waals surface area (Å²) in [6.07, 6.45) is 2.08. The standard InChI is InChI=1S/C14H20N4O3/c1-8-12-13(16-7-15-8)18(9(2)17-12)14-11(20-4)5-10(21-14)6-19-3/h7,10-11,14H,5-6H2,1-4H3/t10-,11?,14+/m0/s1. The fraction of sp³-hybridized carbons (Fsp3) is 0.643. The highest BCUT2D eigenvalue weighted by molar-refractivity contribution is 5.73. The number of aromatic nitrogens is 4. The summed E-state index contributed by atoms with van der Waals surface area (Å²) in [5, 5.41) is 0. The van der Waals surface area contributed by atoms with E-state index in [1.54, 1.807) is 20.5 Å². The molecule has 3 heterocycles. The molecule has 0 saturated carbocycles. The summed E-state index contributed by atoms with van der Waals surface area (Å²) in [6.45, 7) is 4.43. The van der Waals surface area contributed by atoms with Crippen molar-refractivity contribution in [3.63, 3.8) is 0 Å². The Morgan fingerprint density at radius 1 is 1.33 bits per heavy atom. The summed E-state index contributed by atoms with van der Waals surface area (Å²) in [5.74, 6) is 0.846. The Labute approximate surface area is 123 Å². The van der Waals surface area contributed by atoms with Crippen LogP contribution in [-0.2, 0) is 14.2 Å². The first-order valence-corrected chi connectivity index (χ1v) is 6.99. The van der Waals surface area contributed by atoms with Crippen LogP contribution in [0.1, 0.15) is 24.2 Å². The molecule has 1 aliphatic heterocycles. The number of hydrogen-bond donors (Lipinski definition) is 0. The second-order valence-electron chi connectivity index (χ2n) is 5.27. The summed E-state index contributed by atoms with van der Waals surface area (Å²) in [4.78, 5) is 13.1. The van der Waals surface area contributed by atoms with Gasteiger partial charge in [0.2, 0.25) is 0 Å². The van der Waals surface area contributed by atoms with E-state index in [9.17, 15) is 0 Å². The number of methoxy groups -OCH3 is 2. The predicted molar refractivity (Wildman–Crippen MR) is 76.0 cm³/mol. The molecule has 1 unspecified atom stereocenters. The molecule has 1 saturated heterocycles. The monoisotopic (exact) mass is 292 g/mol. The average Bonchev–Trinajstić information content (AvgIpc) is 3.00. The lowest BCUT2D eigenvalue weighted by molar-refractivity contribution is -0.0634. The number of aryl methyl sites for hydroxylation is 2. The summed E-state index contributed by atoms with van der Waals surface area (Å²) in [5.41, 5.74) is 2.45. The van der Waals surface area contributed by atoms with E-state index in [1.165, 1.54) is 0 Å². The van der Waals surface area contributed by atoms with Crippen LogP contribution in [0.3, 0.4) is 0 Å². The van der Waals surface area contributed by atoms with Gasteiger partial charge < -0.3 is 14.2 Å². The van der Waals surface area contributed by atoms with Gasteiger partial charge in [-0.25, -0.2) is 15.0 Å². The number of rotatable bonds is 4. The van der Waals surface area contributed by atoms with E-state index in [1.807, 2.05) is 18.4 Å². The van der Waals surface area contributed by atoms with Crippen LogP contribution in [0.25, 0.3) is 11.2 Å². The summed E-state index contributed by atoms with van der Waals surface area (Å²) in [7, 11) is 3.37. The minimum absolute atomic E-state index is 0.0183. The van der Waals surface area contributed by atoms with Gasteiger partial charge >= 0.3 is 0 Å². The molecular weight excluding hydrogens is 272 g/mol. The minimum Gasteiger partial charge on any atom is -0.382 e. The maximum absolute atomic E-state index is 6.09. The second kappa shape index (κ2) is 5.67. The smallest absolute Gasteiger partial charge is 0.165 e.